The van der Waals surface area contributed by atoms with Gasteiger partial charge >= 0.3 is 0 Å². The van der Waals surface area contributed by atoms with Crippen LogP contribution in [0.1, 0.15) is 38.7 Å². The molecule has 0 aliphatic rings. The maximum absolute atomic E-state index is 4.66. The quantitative estimate of drug-likeness (QED) is 0.293. The Morgan fingerprint density at radius 3 is 2.55 bits per heavy atom. The minimum Gasteiger partial charge on any atom is -0.378 e. The first kappa shape index (κ1) is 21.0. The lowest BCUT2D eigenvalue weighted by Crippen LogP contribution is -2.37. The summed E-state index contributed by atoms with van der Waals surface area (Å²) >= 11 is 0. The maximum atomic E-state index is 4.66. The fraction of sp³-hybridized carbons (Fsp3) is 0.588. The zero-order valence-corrected chi connectivity index (χ0v) is 16.7. The number of anilines is 1. The third kappa shape index (κ3) is 8.46. The van der Waals surface area contributed by atoms with Crippen LogP contribution < -0.4 is 15.5 Å². The number of nitrogens with zero attached hydrogens (tertiary/aromatic N) is 2. The van der Waals surface area contributed by atoms with E-state index in [0.29, 0.717) is 6.54 Å². The second-order valence-electron chi connectivity index (χ2n) is 5.39. The van der Waals surface area contributed by atoms with E-state index in [9.17, 15) is 0 Å². The summed E-state index contributed by atoms with van der Waals surface area (Å²) in [5, 5.41) is 6.69. The summed E-state index contributed by atoms with van der Waals surface area (Å²) in [7, 11) is 4.11. The summed E-state index contributed by atoms with van der Waals surface area (Å²) in [6.45, 7) is 6.88. The number of nitrogens with one attached hydrogen (secondary N) is 2. The number of unbranched alkanes of at least 4 members (excludes halogenated alkanes) is 2. The number of benzene rings is 1. The summed E-state index contributed by atoms with van der Waals surface area (Å²) in [6, 6.07) is 8.50. The number of rotatable bonds is 8. The molecule has 0 aromatic heterocycles. The van der Waals surface area contributed by atoms with Crippen molar-refractivity contribution in [3.05, 3.63) is 29.8 Å². The van der Waals surface area contributed by atoms with Crippen LogP contribution in [0.4, 0.5) is 5.69 Å². The summed E-state index contributed by atoms with van der Waals surface area (Å²) in [4.78, 5) is 6.77. The molecule has 0 bridgehead atoms. The summed E-state index contributed by atoms with van der Waals surface area (Å²) in [5.74, 6) is 0.906. The first-order valence-electron chi connectivity index (χ1n) is 7.95. The average molecular weight is 418 g/mol. The van der Waals surface area contributed by atoms with Crippen LogP contribution >= 0.6 is 24.0 Å². The lowest BCUT2D eigenvalue weighted by molar-refractivity contribution is 0.683. The van der Waals surface area contributed by atoms with Crippen molar-refractivity contribution in [2.75, 3.05) is 32.1 Å². The van der Waals surface area contributed by atoms with E-state index in [1.165, 1.54) is 30.5 Å². The number of guanidine groups is 1. The van der Waals surface area contributed by atoms with Crippen LogP contribution in [0.2, 0.25) is 0 Å². The third-order valence-electron chi connectivity index (χ3n) is 3.26. The highest BCUT2D eigenvalue weighted by Crippen LogP contribution is 2.13. The van der Waals surface area contributed by atoms with Gasteiger partial charge in [-0.05, 0) is 31.0 Å². The van der Waals surface area contributed by atoms with Crippen LogP contribution in [0.3, 0.4) is 0 Å². The molecule has 0 atom stereocenters. The highest BCUT2D eigenvalue weighted by atomic mass is 127. The van der Waals surface area contributed by atoms with Gasteiger partial charge < -0.3 is 15.5 Å². The normalized spacial score (nSPS) is 10.8. The SMILES string of the molecule is CCCCCNC(=NCc1cccc(N(C)C)c1)NCC.I. The van der Waals surface area contributed by atoms with Crippen LogP contribution in [-0.2, 0) is 6.54 Å². The molecule has 1 aromatic carbocycles. The number of hydrogen-bond acceptors (Lipinski definition) is 2. The van der Waals surface area contributed by atoms with Crippen LogP contribution in [-0.4, -0.2) is 33.1 Å². The van der Waals surface area contributed by atoms with E-state index in [-0.39, 0.29) is 24.0 Å². The highest BCUT2D eigenvalue weighted by molar-refractivity contribution is 14.0. The number of halogens is 1. The molecule has 126 valence electrons. The molecule has 0 heterocycles. The fourth-order valence-electron chi connectivity index (χ4n) is 2.03. The predicted molar refractivity (Wildman–Crippen MR) is 109 cm³/mol. The second-order valence-corrected chi connectivity index (χ2v) is 5.39. The maximum Gasteiger partial charge on any atom is 0.191 e. The van der Waals surface area contributed by atoms with Crippen molar-refractivity contribution >= 4 is 35.6 Å². The molecule has 0 unspecified atom stereocenters. The zero-order valence-electron chi connectivity index (χ0n) is 14.4. The summed E-state index contributed by atoms with van der Waals surface area (Å²) in [6.07, 6.45) is 3.70. The van der Waals surface area contributed by atoms with E-state index in [0.717, 1.165) is 19.0 Å². The Morgan fingerprint density at radius 2 is 1.91 bits per heavy atom. The fourth-order valence-corrected chi connectivity index (χ4v) is 2.03. The van der Waals surface area contributed by atoms with Gasteiger partial charge in [0.25, 0.3) is 0 Å². The molecule has 0 amide bonds. The molecule has 0 aliphatic carbocycles. The van der Waals surface area contributed by atoms with E-state index < -0.39 is 0 Å². The van der Waals surface area contributed by atoms with Gasteiger partial charge in [0.05, 0.1) is 6.54 Å². The molecule has 0 saturated carbocycles. The van der Waals surface area contributed by atoms with Gasteiger partial charge in [0.15, 0.2) is 5.96 Å². The molecule has 0 spiro atoms. The van der Waals surface area contributed by atoms with Gasteiger partial charge in [0, 0.05) is 32.9 Å². The lowest BCUT2D eigenvalue weighted by atomic mass is 10.2. The van der Waals surface area contributed by atoms with E-state index in [1.807, 2.05) is 0 Å². The van der Waals surface area contributed by atoms with Gasteiger partial charge in [0.2, 0.25) is 0 Å². The Hall–Kier alpha value is -0.980. The van der Waals surface area contributed by atoms with E-state index in [2.05, 4.69) is 72.7 Å². The van der Waals surface area contributed by atoms with Crippen LogP contribution in [0.5, 0.6) is 0 Å². The molecule has 0 fully saturated rings. The van der Waals surface area contributed by atoms with Crippen molar-refractivity contribution in [1.29, 1.82) is 0 Å². The van der Waals surface area contributed by atoms with Gasteiger partial charge in [-0.25, -0.2) is 4.99 Å². The summed E-state index contributed by atoms with van der Waals surface area (Å²) in [5.41, 5.74) is 2.44. The van der Waals surface area contributed by atoms with Crippen LogP contribution in [0.25, 0.3) is 0 Å². The van der Waals surface area contributed by atoms with Crippen molar-refractivity contribution in [3.8, 4) is 0 Å². The van der Waals surface area contributed by atoms with Crippen molar-refractivity contribution in [2.24, 2.45) is 4.99 Å². The smallest absolute Gasteiger partial charge is 0.191 e. The summed E-state index contributed by atoms with van der Waals surface area (Å²) < 4.78 is 0. The van der Waals surface area contributed by atoms with Crippen molar-refractivity contribution in [1.82, 2.24) is 10.6 Å². The van der Waals surface area contributed by atoms with Crippen molar-refractivity contribution < 1.29 is 0 Å². The second kappa shape index (κ2) is 12.6. The highest BCUT2D eigenvalue weighted by Gasteiger charge is 1.99. The lowest BCUT2D eigenvalue weighted by Gasteiger charge is -2.14. The van der Waals surface area contributed by atoms with Gasteiger partial charge in [-0.15, -0.1) is 24.0 Å². The predicted octanol–water partition coefficient (Wildman–Crippen LogP) is 3.62. The van der Waals surface area contributed by atoms with Gasteiger partial charge in [0.1, 0.15) is 0 Å². The molecule has 1 aromatic rings. The topological polar surface area (TPSA) is 39.7 Å². The molecule has 22 heavy (non-hydrogen) atoms. The first-order chi connectivity index (χ1) is 10.2. The van der Waals surface area contributed by atoms with Crippen LogP contribution in [0.15, 0.2) is 29.3 Å². The molecule has 4 nitrogen and oxygen atoms in total. The van der Waals surface area contributed by atoms with E-state index in [4.69, 9.17) is 0 Å². The minimum atomic E-state index is 0. The largest absolute Gasteiger partial charge is 0.378 e. The monoisotopic (exact) mass is 418 g/mol. The number of aliphatic imine (C=N–C) groups is 1. The molecule has 0 saturated heterocycles. The zero-order chi connectivity index (χ0) is 15.5. The Morgan fingerprint density at radius 1 is 1.14 bits per heavy atom. The van der Waals surface area contributed by atoms with Gasteiger partial charge in [-0.2, -0.15) is 0 Å². The minimum absolute atomic E-state index is 0. The Kier molecular flexibility index (Phi) is 12.0. The molecular weight excluding hydrogens is 387 g/mol. The van der Waals surface area contributed by atoms with Crippen LogP contribution in [0, 0.1) is 0 Å². The molecule has 0 radical (unpaired) electrons. The molecule has 2 N–H and O–H groups in total. The molecule has 0 aliphatic heterocycles. The number of hydrogen-bond donors (Lipinski definition) is 2. The molecule has 5 heteroatoms. The Balaban J connectivity index is 0.00000441. The van der Waals surface area contributed by atoms with Crippen molar-refractivity contribution in [2.45, 2.75) is 39.7 Å². The van der Waals surface area contributed by atoms with Crippen molar-refractivity contribution in [3.63, 3.8) is 0 Å². The van der Waals surface area contributed by atoms with Gasteiger partial charge in [-0.3, -0.25) is 0 Å². The Labute approximate surface area is 152 Å². The van der Waals surface area contributed by atoms with E-state index in [1.54, 1.807) is 0 Å². The first-order valence-corrected chi connectivity index (χ1v) is 7.95. The average Bonchev–Trinajstić information content (AvgIpc) is 2.49. The standard InChI is InChI=1S/C17H30N4.HI/c1-5-7-8-12-19-17(18-6-2)20-14-15-10-9-11-16(13-15)21(3)4;/h9-11,13H,5-8,12,14H2,1-4H3,(H2,18,19,20);1H. The molecule has 1 rings (SSSR count). The molecular formula is C17H31IN4. The third-order valence-corrected chi connectivity index (χ3v) is 3.26. The van der Waals surface area contributed by atoms with E-state index >= 15 is 0 Å². The van der Waals surface area contributed by atoms with Gasteiger partial charge in [-0.1, -0.05) is 31.9 Å². The Bertz CT molecular complexity index is 432.